The molecule has 0 fully saturated rings. The fourth-order valence-corrected chi connectivity index (χ4v) is 0.360. The Bertz CT molecular complexity index is 208. The molecule has 0 bridgehead atoms. The molecule has 0 aromatic carbocycles. The molecule has 2 heteroatoms. The summed E-state index contributed by atoms with van der Waals surface area (Å²) in [6.07, 6.45) is 6.55. The average molecular weight is 135 g/mol. The highest BCUT2D eigenvalue weighted by Gasteiger charge is 1.88. The zero-order chi connectivity index (χ0) is 7.98. The SMILES string of the molecule is C#CC(=C)/C=C(\N=C)OC. The van der Waals surface area contributed by atoms with Gasteiger partial charge in [-0.15, -0.1) is 6.42 Å². The summed E-state index contributed by atoms with van der Waals surface area (Å²) in [6.45, 7) is 6.79. The number of rotatable bonds is 3. The van der Waals surface area contributed by atoms with Crippen molar-refractivity contribution in [2.24, 2.45) is 4.99 Å². The molecule has 0 N–H and O–H groups in total. The minimum atomic E-state index is 0.378. The lowest BCUT2D eigenvalue weighted by molar-refractivity contribution is 0.289. The van der Waals surface area contributed by atoms with E-state index >= 15 is 0 Å². The molecule has 0 saturated heterocycles. The van der Waals surface area contributed by atoms with Crippen LogP contribution in [0.1, 0.15) is 0 Å². The van der Waals surface area contributed by atoms with Gasteiger partial charge in [-0.1, -0.05) is 12.5 Å². The molecule has 0 radical (unpaired) electrons. The van der Waals surface area contributed by atoms with Gasteiger partial charge in [0.1, 0.15) is 0 Å². The molecule has 0 atom stereocenters. The van der Waals surface area contributed by atoms with Gasteiger partial charge in [0.25, 0.3) is 0 Å². The first-order valence-corrected chi connectivity index (χ1v) is 2.62. The highest BCUT2D eigenvalue weighted by Crippen LogP contribution is 2.00. The van der Waals surface area contributed by atoms with E-state index in [4.69, 9.17) is 11.2 Å². The van der Waals surface area contributed by atoms with Crippen LogP contribution in [-0.2, 0) is 4.74 Å². The van der Waals surface area contributed by atoms with Gasteiger partial charge < -0.3 is 4.74 Å². The van der Waals surface area contributed by atoms with Gasteiger partial charge >= 0.3 is 0 Å². The van der Waals surface area contributed by atoms with Crippen molar-refractivity contribution in [3.8, 4) is 12.3 Å². The van der Waals surface area contributed by atoms with Gasteiger partial charge in [-0.2, -0.15) is 0 Å². The van der Waals surface area contributed by atoms with E-state index in [1.54, 1.807) is 0 Å². The van der Waals surface area contributed by atoms with Gasteiger partial charge in [0, 0.05) is 11.6 Å². The van der Waals surface area contributed by atoms with Gasteiger partial charge in [0.05, 0.1) is 7.11 Å². The fourth-order valence-electron chi connectivity index (χ4n) is 0.360. The van der Waals surface area contributed by atoms with Crippen molar-refractivity contribution in [2.45, 2.75) is 0 Å². The molecule has 0 unspecified atom stereocenters. The number of nitrogens with zero attached hydrogens (tertiary/aromatic N) is 1. The van der Waals surface area contributed by atoms with Gasteiger partial charge in [0.2, 0.25) is 5.88 Å². The molecular weight excluding hydrogens is 126 g/mol. The lowest BCUT2D eigenvalue weighted by Crippen LogP contribution is -1.81. The van der Waals surface area contributed by atoms with Gasteiger partial charge in [-0.25, -0.2) is 4.99 Å². The lowest BCUT2D eigenvalue weighted by Gasteiger charge is -1.95. The topological polar surface area (TPSA) is 21.6 Å². The van der Waals surface area contributed by atoms with Crippen molar-refractivity contribution < 1.29 is 4.74 Å². The van der Waals surface area contributed by atoms with Crippen molar-refractivity contribution in [1.82, 2.24) is 0 Å². The van der Waals surface area contributed by atoms with Crippen LogP contribution in [0.3, 0.4) is 0 Å². The predicted octanol–water partition coefficient (Wildman–Crippen LogP) is 1.36. The van der Waals surface area contributed by atoms with Crippen LogP contribution in [0.4, 0.5) is 0 Å². The number of hydrogen-bond acceptors (Lipinski definition) is 2. The fraction of sp³-hybridized carbons (Fsp3) is 0.125. The number of allylic oxidation sites excluding steroid dienone is 2. The van der Waals surface area contributed by atoms with Gasteiger partial charge in [-0.05, 0) is 6.72 Å². The number of hydrogen-bond donors (Lipinski definition) is 0. The quantitative estimate of drug-likeness (QED) is 0.248. The number of ether oxygens (including phenoxy) is 1. The summed E-state index contributed by atoms with van der Waals surface area (Å²) in [5.41, 5.74) is 0.518. The molecule has 0 aromatic heterocycles. The van der Waals surface area contributed by atoms with Crippen molar-refractivity contribution >= 4 is 6.72 Å². The molecule has 0 aliphatic rings. The average Bonchev–Trinajstić information content (AvgIpc) is 1.99. The summed E-state index contributed by atoms with van der Waals surface area (Å²) in [5.74, 6) is 2.70. The summed E-state index contributed by atoms with van der Waals surface area (Å²) < 4.78 is 4.75. The van der Waals surface area contributed by atoms with Crippen LogP contribution in [0.5, 0.6) is 0 Å². The second-order valence-corrected chi connectivity index (χ2v) is 1.51. The van der Waals surface area contributed by atoms with E-state index in [0.29, 0.717) is 11.5 Å². The van der Waals surface area contributed by atoms with Crippen molar-refractivity contribution in [3.05, 3.63) is 24.1 Å². The molecule has 0 rings (SSSR count). The minimum Gasteiger partial charge on any atom is -0.481 e. The van der Waals surface area contributed by atoms with E-state index in [0.717, 1.165) is 0 Å². The van der Waals surface area contributed by atoms with Crippen LogP contribution in [0.25, 0.3) is 0 Å². The Labute approximate surface area is 60.9 Å². The maximum atomic E-state index is 5.02. The van der Waals surface area contributed by atoms with E-state index in [9.17, 15) is 0 Å². The van der Waals surface area contributed by atoms with Crippen LogP contribution in [-0.4, -0.2) is 13.8 Å². The number of aliphatic imine (C=N–C) groups is 1. The number of methoxy groups -OCH3 is 1. The Hall–Kier alpha value is -1.49. The predicted molar refractivity (Wildman–Crippen MR) is 42.6 cm³/mol. The molecule has 0 aromatic rings. The molecule has 0 amide bonds. The highest BCUT2D eigenvalue weighted by molar-refractivity contribution is 5.36. The molecule has 0 heterocycles. The maximum absolute atomic E-state index is 5.02. The monoisotopic (exact) mass is 135 g/mol. The van der Waals surface area contributed by atoms with E-state index in [1.807, 2.05) is 0 Å². The Morgan fingerprint density at radius 2 is 2.40 bits per heavy atom. The zero-order valence-electron chi connectivity index (χ0n) is 5.92. The summed E-state index contributed by atoms with van der Waals surface area (Å²) in [5, 5.41) is 0. The normalized spacial score (nSPS) is 9.80. The van der Waals surface area contributed by atoms with Crippen LogP contribution >= 0.6 is 0 Å². The summed E-state index contributed by atoms with van der Waals surface area (Å²) in [4.78, 5) is 3.53. The number of terminal acetylenes is 1. The second-order valence-electron chi connectivity index (χ2n) is 1.51. The highest BCUT2D eigenvalue weighted by atomic mass is 16.5. The smallest absolute Gasteiger partial charge is 0.213 e. The first-order chi connectivity index (χ1) is 4.74. The first-order valence-electron chi connectivity index (χ1n) is 2.62. The second kappa shape index (κ2) is 4.39. The van der Waals surface area contributed by atoms with Gasteiger partial charge in [0.15, 0.2) is 0 Å². The Morgan fingerprint density at radius 3 is 2.70 bits per heavy atom. The Balaban J connectivity index is 4.28. The molecule has 2 nitrogen and oxygen atoms in total. The largest absolute Gasteiger partial charge is 0.481 e. The Kier molecular flexibility index (Phi) is 3.74. The van der Waals surface area contributed by atoms with Crippen LogP contribution in [0.15, 0.2) is 29.1 Å². The van der Waals surface area contributed by atoms with Crippen molar-refractivity contribution in [2.75, 3.05) is 7.11 Å². The third-order valence-corrected chi connectivity index (χ3v) is 0.848. The standard InChI is InChI=1S/C8H9NO/c1-5-7(2)6-8(9-3)10-4/h1,6H,2-3H2,4H3/b8-6+. The van der Waals surface area contributed by atoms with Crippen LogP contribution in [0, 0.1) is 12.3 Å². The summed E-state index contributed by atoms with van der Waals surface area (Å²) in [6, 6.07) is 0. The summed E-state index contributed by atoms with van der Waals surface area (Å²) >= 11 is 0. The van der Waals surface area contributed by atoms with Crippen molar-refractivity contribution in [3.63, 3.8) is 0 Å². The molecule has 52 valence electrons. The molecular formula is C8H9NO. The van der Waals surface area contributed by atoms with E-state index in [-0.39, 0.29) is 0 Å². The molecule has 0 aliphatic heterocycles. The zero-order valence-corrected chi connectivity index (χ0v) is 5.92. The first kappa shape index (κ1) is 8.51. The van der Waals surface area contributed by atoms with E-state index in [2.05, 4.69) is 24.2 Å². The summed E-state index contributed by atoms with van der Waals surface area (Å²) in [7, 11) is 1.49. The molecule has 0 aliphatic carbocycles. The lowest BCUT2D eigenvalue weighted by atomic mass is 10.3. The van der Waals surface area contributed by atoms with Crippen molar-refractivity contribution in [1.29, 1.82) is 0 Å². The minimum absolute atomic E-state index is 0.378. The molecule has 0 spiro atoms. The van der Waals surface area contributed by atoms with Gasteiger partial charge in [-0.3, -0.25) is 0 Å². The van der Waals surface area contributed by atoms with E-state index < -0.39 is 0 Å². The van der Waals surface area contributed by atoms with Crippen LogP contribution in [0.2, 0.25) is 0 Å². The maximum Gasteiger partial charge on any atom is 0.213 e. The molecule has 10 heavy (non-hydrogen) atoms. The Morgan fingerprint density at radius 1 is 1.80 bits per heavy atom. The third-order valence-electron chi connectivity index (χ3n) is 0.848. The van der Waals surface area contributed by atoms with Crippen LogP contribution < -0.4 is 0 Å². The van der Waals surface area contributed by atoms with E-state index in [1.165, 1.54) is 13.2 Å². The molecule has 0 saturated carbocycles. The third kappa shape index (κ3) is 2.73.